The Kier molecular flexibility index (Phi) is 8.79. The lowest BCUT2D eigenvalue weighted by Gasteiger charge is -2.18. The molecule has 1 heterocycles. The monoisotopic (exact) mass is 494 g/mol. The highest BCUT2D eigenvalue weighted by Gasteiger charge is 2.34. The van der Waals surface area contributed by atoms with E-state index in [1.54, 1.807) is 31.2 Å². The van der Waals surface area contributed by atoms with E-state index in [-0.39, 0.29) is 11.6 Å². The number of nitrogens with one attached hydrogen (secondary N) is 2. The first-order valence-electron chi connectivity index (χ1n) is 11.2. The molecule has 9 nitrogen and oxygen atoms in total. The van der Waals surface area contributed by atoms with E-state index in [9.17, 15) is 18.0 Å². The molecule has 180 valence electrons. The molecule has 1 aliphatic carbocycles. The average Bonchev–Trinajstić information content (AvgIpc) is 3.24. The Morgan fingerprint density at radius 2 is 1.85 bits per heavy atom. The summed E-state index contributed by atoms with van der Waals surface area (Å²) in [6.07, 6.45) is 5.66. The van der Waals surface area contributed by atoms with Gasteiger partial charge in [-0.25, -0.2) is 8.42 Å². The number of hydrogen-bond acceptors (Lipinski definition) is 8. The number of amides is 2. The average molecular weight is 495 g/mol. The van der Waals surface area contributed by atoms with Crippen LogP contribution in [-0.4, -0.2) is 48.0 Å². The van der Waals surface area contributed by atoms with Crippen LogP contribution < -0.4 is 15.4 Å². The van der Waals surface area contributed by atoms with Gasteiger partial charge in [0.2, 0.25) is 16.9 Å². The van der Waals surface area contributed by atoms with Crippen molar-refractivity contribution in [3.05, 3.63) is 29.3 Å². The van der Waals surface area contributed by atoms with Crippen LogP contribution in [0.25, 0.3) is 0 Å². The number of sulfone groups is 1. The molecule has 1 aromatic carbocycles. The van der Waals surface area contributed by atoms with Gasteiger partial charge in [-0.2, -0.15) is 0 Å². The summed E-state index contributed by atoms with van der Waals surface area (Å²) >= 11 is 1.29. The standard InChI is InChI=1S/C22H30N4O5S2/c1-3-18(20(28)24-22-26-25-21(32-22)15-10-6-5-7-11-15)33(29,30)14-19(27)23-16-12-8-9-13-17(16)31-4-2/h8-9,12-13,15,18H,3-7,10-11,14H2,1-2H3,(H,23,27)(H,24,26,28). The van der Waals surface area contributed by atoms with E-state index in [4.69, 9.17) is 4.74 Å². The topological polar surface area (TPSA) is 127 Å². The number of anilines is 2. The van der Waals surface area contributed by atoms with Gasteiger partial charge in [-0.3, -0.25) is 14.9 Å². The van der Waals surface area contributed by atoms with Crippen molar-refractivity contribution in [2.75, 3.05) is 23.0 Å². The minimum Gasteiger partial charge on any atom is -0.492 e. The third kappa shape index (κ3) is 6.73. The van der Waals surface area contributed by atoms with E-state index in [2.05, 4.69) is 20.8 Å². The molecule has 0 spiro atoms. The molecule has 1 unspecified atom stereocenters. The molecule has 3 rings (SSSR count). The van der Waals surface area contributed by atoms with E-state index in [1.807, 2.05) is 6.92 Å². The third-order valence-electron chi connectivity index (χ3n) is 5.52. The Morgan fingerprint density at radius 1 is 1.12 bits per heavy atom. The molecular formula is C22H30N4O5S2. The van der Waals surface area contributed by atoms with Crippen LogP contribution in [0, 0.1) is 0 Å². The molecule has 0 bridgehead atoms. The van der Waals surface area contributed by atoms with Gasteiger partial charge in [0.15, 0.2) is 9.84 Å². The third-order valence-corrected chi connectivity index (χ3v) is 8.60. The molecule has 2 amide bonds. The highest BCUT2D eigenvalue weighted by Crippen LogP contribution is 2.35. The normalized spacial score (nSPS) is 15.6. The summed E-state index contributed by atoms with van der Waals surface area (Å²) in [6, 6.07) is 6.76. The van der Waals surface area contributed by atoms with Crippen LogP contribution in [0.5, 0.6) is 5.75 Å². The number of nitrogens with zero attached hydrogens (tertiary/aromatic N) is 2. The van der Waals surface area contributed by atoms with Gasteiger partial charge in [0, 0.05) is 5.92 Å². The maximum absolute atomic E-state index is 12.9. The number of ether oxygens (including phenoxy) is 1. The van der Waals surface area contributed by atoms with Crippen molar-refractivity contribution in [1.29, 1.82) is 0 Å². The molecule has 1 atom stereocenters. The minimum atomic E-state index is -4.06. The molecule has 1 saturated carbocycles. The van der Waals surface area contributed by atoms with E-state index >= 15 is 0 Å². The number of carbonyl (C=O) groups excluding carboxylic acids is 2. The second-order valence-electron chi connectivity index (χ2n) is 7.95. The van der Waals surface area contributed by atoms with E-state index in [1.165, 1.54) is 17.8 Å². The first kappa shape index (κ1) is 25.1. The smallest absolute Gasteiger partial charge is 0.244 e. The maximum Gasteiger partial charge on any atom is 0.244 e. The number of carbonyl (C=O) groups is 2. The summed E-state index contributed by atoms with van der Waals surface area (Å²) in [5.74, 6) is -1.46. The second kappa shape index (κ2) is 11.6. The number of rotatable bonds is 10. The summed E-state index contributed by atoms with van der Waals surface area (Å²) in [7, 11) is -4.06. The molecule has 0 radical (unpaired) electrons. The molecule has 0 saturated heterocycles. The van der Waals surface area contributed by atoms with Gasteiger partial charge >= 0.3 is 0 Å². The number of hydrogen-bond donors (Lipinski definition) is 2. The highest BCUT2D eigenvalue weighted by molar-refractivity contribution is 7.93. The Labute approximate surface area is 198 Å². The van der Waals surface area contributed by atoms with E-state index in [0.29, 0.717) is 24.0 Å². The van der Waals surface area contributed by atoms with Gasteiger partial charge in [-0.05, 0) is 38.3 Å². The van der Waals surface area contributed by atoms with Crippen molar-refractivity contribution in [2.45, 2.75) is 63.5 Å². The zero-order valence-electron chi connectivity index (χ0n) is 18.9. The van der Waals surface area contributed by atoms with Gasteiger partial charge in [0.25, 0.3) is 0 Å². The number of aromatic nitrogens is 2. The van der Waals surface area contributed by atoms with Crippen LogP contribution in [0.1, 0.15) is 63.3 Å². The fraction of sp³-hybridized carbons (Fsp3) is 0.545. The van der Waals surface area contributed by atoms with Crippen molar-refractivity contribution in [2.24, 2.45) is 0 Å². The quantitative estimate of drug-likeness (QED) is 0.515. The van der Waals surface area contributed by atoms with Crippen LogP contribution in [0.15, 0.2) is 24.3 Å². The van der Waals surface area contributed by atoms with Crippen molar-refractivity contribution in [3.63, 3.8) is 0 Å². The lowest BCUT2D eigenvalue weighted by molar-refractivity contribution is -0.115. The molecule has 2 aromatic rings. The van der Waals surface area contributed by atoms with Crippen molar-refractivity contribution in [3.8, 4) is 5.75 Å². The Bertz CT molecular complexity index is 1060. The Balaban J connectivity index is 1.63. The molecule has 11 heteroatoms. The first-order chi connectivity index (χ1) is 15.8. The zero-order chi connectivity index (χ0) is 23.8. The predicted octanol–water partition coefficient (Wildman–Crippen LogP) is 3.76. The van der Waals surface area contributed by atoms with Gasteiger partial charge in [-0.15, -0.1) is 10.2 Å². The van der Waals surface area contributed by atoms with E-state index in [0.717, 1.165) is 30.7 Å². The first-order valence-corrected chi connectivity index (χ1v) is 13.7. The summed E-state index contributed by atoms with van der Waals surface area (Å²) < 4.78 is 31.2. The fourth-order valence-corrected chi connectivity index (χ4v) is 6.36. The lowest BCUT2D eigenvalue weighted by Crippen LogP contribution is -2.39. The Morgan fingerprint density at radius 3 is 2.55 bits per heavy atom. The van der Waals surface area contributed by atoms with Crippen LogP contribution in [-0.2, 0) is 19.4 Å². The number of benzene rings is 1. The fourth-order valence-electron chi connectivity index (χ4n) is 3.91. The zero-order valence-corrected chi connectivity index (χ0v) is 20.5. The largest absolute Gasteiger partial charge is 0.492 e. The van der Waals surface area contributed by atoms with Crippen molar-refractivity contribution in [1.82, 2.24) is 10.2 Å². The van der Waals surface area contributed by atoms with Crippen molar-refractivity contribution < 1.29 is 22.7 Å². The van der Waals surface area contributed by atoms with Crippen LogP contribution in [0.4, 0.5) is 10.8 Å². The second-order valence-corrected chi connectivity index (χ2v) is 11.1. The minimum absolute atomic E-state index is 0.0330. The van der Waals surface area contributed by atoms with Gasteiger partial charge in [0.1, 0.15) is 21.8 Å². The van der Waals surface area contributed by atoms with Gasteiger partial charge in [0.05, 0.1) is 12.3 Å². The molecular weight excluding hydrogens is 464 g/mol. The highest BCUT2D eigenvalue weighted by atomic mass is 32.2. The van der Waals surface area contributed by atoms with Gasteiger partial charge in [-0.1, -0.05) is 49.7 Å². The van der Waals surface area contributed by atoms with Crippen LogP contribution >= 0.6 is 11.3 Å². The molecule has 33 heavy (non-hydrogen) atoms. The lowest BCUT2D eigenvalue weighted by atomic mass is 9.90. The summed E-state index contributed by atoms with van der Waals surface area (Å²) in [5.41, 5.74) is 0.376. The maximum atomic E-state index is 12.9. The van der Waals surface area contributed by atoms with Crippen LogP contribution in [0.2, 0.25) is 0 Å². The summed E-state index contributed by atoms with van der Waals surface area (Å²) in [6.45, 7) is 3.80. The molecule has 1 aliphatic rings. The SMILES string of the molecule is CCOc1ccccc1NC(=O)CS(=O)(=O)C(CC)C(=O)Nc1nnc(C2CCCCC2)s1. The summed E-state index contributed by atoms with van der Waals surface area (Å²) in [4.78, 5) is 25.2. The Hall–Kier alpha value is -2.53. The van der Waals surface area contributed by atoms with Crippen molar-refractivity contribution >= 4 is 43.8 Å². The molecule has 0 aliphatic heterocycles. The molecule has 1 fully saturated rings. The van der Waals surface area contributed by atoms with Crippen LogP contribution in [0.3, 0.4) is 0 Å². The predicted molar refractivity (Wildman–Crippen MR) is 128 cm³/mol. The number of para-hydroxylation sites is 2. The van der Waals surface area contributed by atoms with E-state index < -0.39 is 32.7 Å². The summed E-state index contributed by atoms with van der Waals surface area (Å²) in [5, 5.41) is 13.1. The molecule has 2 N–H and O–H groups in total. The molecule has 1 aromatic heterocycles. The van der Waals surface area contributed by atoms with Gasteiger partial charge < -0.3 is 10.1 Å².